The Kier molecular flexibility index (Phi) is 13.9. The van der Waals surface area contributed by atoms with Crippen molar-refractivity contribution in [3.05, 3.63) is 12.2 Å². The van der Waals surface area contributed by atoms with Gasteiger partial charge in [-0.3, -0.25) is 4.79 Å². The maximum Gasteiger partial charge on any atom is 0.222 e. The Hall–Kier alpha value is -0.790. The molecule has 0 unspecified atom stereocenters. The fourth-order valence-electron chi connectivity index (χ4n) is 3.47. The van der Waals surface area contributed by atoms with E-state index in [1.807, 2.05) is 4.90 Å². The van der Waals surface area contributed by atoms with Crippen LogP contribution >= 0.6 is 0 Å². The SMILES string of the molecule is CCCCCCCCCCC/C=C/CCCCC(=O)N1CCCC1. The van der Waals surface area contributed by atoms with Gasteiger partial charge in [-0.05, 0) is 44.9 Å². The van der Waals surface area contributed by atoms with Gasteiger partial charge in [0.25, 0.3) is 0 Å². The van der Waals surface area contributed by atoms with Crippen LogP contribution in [0.2, 0.25) is 0 Å². The first-order valence-corrected chi connectivity index (χ1v) is 10.8. The number of rotatable bonds is 15. The van der Waals surface area contributed by atoms with Crippen molar-refractivity contribution in [1.82, 2.24) is 4.90 Å². The van der Waals surface area contributed by atoms with Gasteiger partial charge in [0.1, 0.15) is 0 Å². The van der Waals surface area contributed by atoms with Crippen molar-refractivity contribution in [2.75, 3.05) is 13.1 Å². The molecule has 140 valence electrons. The predicted octanol–water partition coefficient (Wildman–Crippen LogP) is 6.65. The van der Waals surface area contributed by atoms with Crippen molar-refractivity contribution in [3.8, 4) is 0 Å². The van der Waals surface area contributed by atoms with E-state index in [0.29, 0.717) is 5.91 Å². The van der Waals surface area contributed by atoms with Gasteiger partial charge >= 0.3 is 0 Å². The fraction of sp³-hybridized carbons (Fsp3) is 0.864. The molecule has 1 fully saturated rings. The summed E-state index contributed by atoms with van der Waals surface area (Å²) in [5.74, 6) is 0.381. The zero-order valence-electron chi connectivity index (χ0n) is 16.2. The van der Waals surface area contributed by atoms with Gasteiger partial charge in [-0.2, -0.15) is 0 Å². The number of carbonyl (C=O) groups excluding carboxylic acids is 1. The average Bonchev–Trinajstić information content (AvgIpc) is 3.13. The number of likely N-dealkylation sites (tertiary alicyclic amines) is 1. The summed E-state index contributed by atoms with van der Waals surface area (Å²) >= 11 is 0. The molecule has 1 amide bonds. The Balaban J connectivity index is 1.77. The number of hydrogen-bond acceptors (Lipinski definition) is 1. The molecule has 0 aromatic carbocycles. The summed E-state index contributed by atoms with van der Waals surface area (Å²) in [5, 5.41) is 0. The lowest BCUT2D eigenvalue weighted by atomic mass is 10.1. The third-order valence-electron chi connectivity index (χ3n) is 5.11. The van der Waals surface area contributed by atoms with Crippen LogP contribution in [0.25, 0.3) is 0 Å². The molecular formula is C22H41NO. The average molecular weight is 336 g/mol. The zero-order valence-corrected chi connectivity index (χ0v) is 16.2. The van der Waals surface area contributed by atoms with Gasteiger partial charge in [0.05, 0.1) is 0 Å². The Morgan fingerprint density at radius 1 is 0.750 bits per heavy atom. The number of hydrogen-bond donors (Lipinski definition) is 0. The summed E-state index contributed by atoms with van der Waals surface area (Å²) in [6.45, 7) is 4.27. The van der Waals surface area contributed by atoms with E-state index in [1.54, 1.807) is 0 Å². The minimum Gasteiger partial charge on any atom is -0.343 e. The zero-order chi connectivity index (χ0) is 17.3. The number of unbranched alkanes of at least 4 members (excludes halogenated alkanes) is 11. The lowest BCUT2D eigenvalue weighted by Gasteiger charge is -2.14. The van der Waals surface area contributed by atoms with E-state index < -0.39 is 0 Å². The third kappa shape index (κ3) is 11.7. The molecule has 0 aromatic rings. The number of carbonyl (C=O) groups is 1. The molecule has 1 rings (SSSR count). The number of allylic oxidation sites excluding steroid dienone is 2. The monoisotopic (exact) mass is 335 g/mol. The maximum absolute atomic E-state index is 11.9. The van der Waals surface area contributed by atoms with Gasteiger partial charge < -0.3 is 4.90 Å². The van der Waals surface area contributed by atoms with Crippen LogP contribution < -0.4 is 0 Å². The minimum absolute atomic E-state index is 0.381. The highest BCUT2D eigenvalue weighted by Gasteiger charge is 2.16. The van der Waals surface area contributed by atoms with Gasteiger partial charge in [-0.1, -0.05) is 70.4 Å². The third-order valence-corrected chi connectivity index (χ3v) is 5.11. The van der Waals surface area contributed by atoms with Crippen molar-refractivity contribution in [2.45, 2.75) is 110 Å². The van der Waals surface area contributed by atoms with Crippen molar-refractivity contribution in [2.24, 2.45) is 0 Å². The van der Waals surface area contributed by atoms with Crippen LogP contribution in [0, 0.1) is 0 Å². The van der Waals surface area contributed by atoms with Crippen molar-refractivity contribution in [3.63, 3.8) is 0 Å². The Morgan fingerprint density at radius 2 is 1.25 bits per heavy atom. The normalized spacial score (nSPS) is 14.8. The highest BCUT2D eigenvalue weighted by Crippen LogP contribution is 2.12. The van der Waals surface area contributed by atoms with Gasteiger partial charge in [0.15, 0.2) is 0 Å². The molecule has 0 saturated carbocycles. The van der Waals surface area contributed by atoms with E-state index >= 15 is 0 Å². The topological polar surface area (TPSA) is 20.3 Å². The molecule has 2 nitrogen and oxygen atoms in total. The molecule has 24 heavy (non-hydrogen) atoms. The van der Waals surface area contributed by atoms with Crippen molar-refractivity contribution in [1.29, 1.82) is 0 Å². The first-order valence-electron chi connectivity index (χ1n) is 10.8. The van der Waals surface area contributed by atoms with Crippen LogP contribution in [-0.2, 0) is 4.79 Å². The molecule has 1 aliphatic rings. The van der Waals surface area contributed by atoms with Crippen molar-refractivity contribution >= 4 is 5.91 Å². The van der Waals surface area contributed by atoms with Crippen LogP contribution in [0.1, 0.15) is 110 Å². The fourth-order valence-corrected chi connectivity index (χ4v) is 3.47. The van der Waals surface area contributed by atoms with Crippen LogP contribution in [0.15, 0.2) is 12.2 Å². The summed E-state index contributed by atoms with van der Waals surface area (Å²) in [6.07, 6.45) is 25.1. The molecular weight excluding hydrogens is 294 g/mol. The Labute approximate surface area is 151 Å². The summed E-state index contributed by atoms with van der Waals surface area (Å²) in [5.41, 5.74) is 0. The smallest absolute Gasteiger partial charge is 0.222 e. The van der Waals surface area contributed by atoms with Gasteiger partial charge in [0, 0.05) is 19.5 Å². The second kappa shape index (κ2) is 15.7. The van der Waals surface area contributed by atoms with Crippen LogP contribution in [0.3, 0.4) is 0 Å². The van der Waals surface area contributed by atoms with E-state index in [2.05, 4.69) is 19.1 Å². The van der Waals surface area contributed by atoms with E-state index in [4.69, 9.17) is 0 Å². The predicted molar refractivity (Wildman–Crippen MR) is 105 cm³/mol. The van der Waals surface area contributed by atoms with E-state index in [1.165, 1.54) is 77.0 Å². The second-order valence-corrected chi connectivity index (χ2v) is 7.42. The molecule has 0 bridgehead atoms. The highest BCUT2D eigenvalue weighted by atomic mass is 16.2. The van der Waals surface area contributed by atoms with Gasteiger partial charge in [-0.15, -0.1) is 0 Å². The molecule has 0 aliphatic carbocycles. The molecule has 0 spiro atoms. The lowest BCUT2D eigenvalue weighted by molar-refractivity contribution is -0.130. The quantitative estimate of drug-likeness (QED) is 0.242. The van der Waals surface area contributed by atoms with Gasteiger partial charge in [0.2, 0.25) is 5.91 Å². The maximum atomic E-state index is 11.9. The molecule has 0 atom stereocenters. The Bertz CT molecular complexity index is 318. The van der Waals surface area contributed by atoms with Crippen LogP contribution in [0.4, 0.5) is 0 Å². The largest absolute Gasteiger partial charge is 0.343 e. The molecule has 1 heterocycles. The molecule has 0 aromatic heterocycles. The molecule has 0 N–H and O–H groups in total. The first kappa shape index (κ1) is 21.3. The highest BCUT2D eigenvalue weighted by molar-refractivity contribution is 5.76. The second-order valence-electron chi connectivity index (χ2n) is 7.42. The number of nitrogens with zero attached hydrogens (tertiary/aromatic N) is 1. The van der Waals surface area contributed by atoms with Crippen LogP contribution in [-0.4, -0.2) is 23.9 Å². The van der Waals surface area contributed by atoms with Crippen LogP contribution in [0.5, 0.6) is 0 Å². The Morgan fingerprint density at radius 3 is 1.83 bits per heavy atom. The molecule has 1 aliphatic heterocycles. The number of amides is 1. The summed E-state index contributed by atoms with van der Waals surface area (Å²) in [6, 6.07) is 0. The molecule has 2 heteroatoms. The molecule has 1 saturated heterocycles. The van der Waals surface area contributed by atoms with E-state index in [0.717, 1.165) is 38.8 Å². The van der Waals surface area contributed by atoms with Crippen molar-refractivity contribution < 1.29 is 4.79 Å². The standard InChI is InChI=1S/C22H41NO/c1-2-3-4-5-6-7-8-9-10-11-12-13-14-15-16-19-22(24)23-20-17-18-21-23/h12-13H,2-11,14-21H2,1H3/b13-12+. The minimum atomic E-state index is 0.381. The van der Waals surface area contributed by atoms with E-state index in [9.17, 15) is 4.79 Å². The first-order chi connectivity index (χ1) is 11.8. The summed E-state index contributed by atoms with van der Waals surface area (Å²) in [4.78, 5) is 13.9. The lowest BCUT2D eigenvalue weighted by Crippen LogP contribution is -2.27. The van der Waals surface area contributed by atoms with E-state index in [-0.39, 0.29) is 0 Å². The summed E-state index contributed by atoms with van der Waals surface area (Å²) < 4.78 is 0. The van der Waals surface area contributed by atoms with Gasteiger partial charge in [-0.25, -0.2) is 0 Å². The summed E-state index contributed by atoms with van der Waals surface area (Å²) in [7, 11) is 0. The molecule has 0 radical (unpaired) electrons.